The van der Waals surface area contributed by atoms with Gasteiger partial charge in [-0.15, -0.1) is 10.2 Å². The molecule has 0 unspecified atom stereocenters. The predicted molar refractivity (Wildman–Crippen MR) is 69.8 cm³/mol. The highest BCUT2D eigenvalue weighted by atomic mass is 35.7. The molecule has 21 heavy (non-hydrogen) atoms. The molecule has 0 radical (unpaired) electrons. The summed E-state index contributed by atoms with van der Waals surface area (Å²) in [4.78, 5) is 0. The van der Waals surface area contributed by atoms with Crippen LogP contribution in [0.3, 0.4) is 0 Å². The van der Waals surface area contributed by atoms with Gasteiger partial charge in [0.1, 0.15) is 6.54 Å². The largest absolute Gasteiger partial charge is 0.222 e. The Morgan fingerprint density at radius 1 is 1.10 bits per heavy atom. The van der Waals surface area contributed by atoms with E-state index in [0.717, 1.165) is 6.54 Å². The Labute approximate surface area is 127 Å². The lowest BCUT2D eigenvalue weighted by Gasteiger charge is -2.17. The van der Waals surface area contributed by atoms with Crippen LogP contribution in [0.5, 0.6) is 0 Å². The van der Waals surface area contributed by atoms with Crippen LogP contribution in [-0.2, 0) is 5.41 Å². The maximum atomic E-state index is 8.49. The zero-order valence-corrected chi connectivity index (χ0v) is 13.6. The fourth-order valence-corrected chi connectivity index (χ4v) is 2.55. The first kappa shape index (κ1) is 18.1. The number of benzene rings is 1. The summed E-state index contributed by atoms with van der Waals surface area (Å²) in [6, 6.07) is 8.82. The molecule has 0 bridgehead atoms. The van der Waals surface area contributed by atoms with Crippen molar-refractivity contribution in [2.75, 3.05) is 6.54 Å². The quantitative estimate of drug-likeness (QED) is 0.677. The molecule has 0 fully saturated rings. The fraction of sp³-hybridized carbons (Fsp3) is 0.533. The van der Waals surface area contributed by atoms with Crippen molar-refractivity contribution in [2.45, 2.75) is 46.0 Å². The van der Waals surface area contributed by atoms with Crippen molar-refractivity contribution in [3.8, 4) is 0 Å². The molecular formula is C15H22ClNO4. The summed E-state index contributed by atoms with van der Waals surface area (Å²) >= 11 is 0. The van der Waals surface area contributed by atoms with E-state index >= 15 is 0 Å². The van der Waals surface area contributed by atoms with E-state index in [0.29, 0.717) is 0 Å². The maximum absolute atomic E-state index is 8.49. The van der Waals surface area contributed by atoms with Crippen molar-refractivity contribution < 1.29 is 33.5 Å². The Morgan fingerprint density at radius 3 is 2.14 bits per heavy atom. The third-order valence-electron chi connectivity index (χ3n) is 3.91. The number of hydrogen-bond donors (Lipinski definition) is 0. The molecule has 6 heteroatoms. The third kappa shape index (κ3) is 4.76. The van der Waals surface area contributed by atoms with Crippen molar-refractivity contribution in [3.05, 3.63) is 29.8 Å². The standard InChI is InChI=1S/C15H22N.ClHO4/c1-5-6-11-16-12(2)15(3,4)13-9-7-8-10-14(13)16;2-1(3,4)5/h7-10H,5-6,11H2,1-4H3;(H,2,3,4,5)/q+1;/p-1. The highest BCUT2D eigenvalue weighted by Gasteiger charge is 2.42. The predicted octanol–water partition coefficient (Wildman–Crippen LogP) is -0.873. The van der Waals surface area contributed by atoms with Crippen molar-refractivity contribution in [1.82, 2.24) is 0 Å². The maximum Gasteiger partial charge on any atom is 0.209 e. The van der Waals surface area contributed by atoms with Crippen LogP contribution in [0, 0.1) is 10.2 Å². The zero-order chi connectivity index (χ0) is 16.3. The number of halogens is 1. The van der Waals surface area contributed by atoms with E-state index in [-0.39, 0.29) is 5.41 Å². The molecule has 2 rings (SSSR count). The van der Waals surface area contributed by atoms with Crippen LogP contribution in [-0.4, -0.2) is 16.8 Å². The number of para-hydroxylation sites is 1. The van der Waals surface area contributed by atoms with Crippen LogP contribution in [0.2, 0.25) is 0 Å². The van der Waals surface area contributed by atoms with Gasteiger partial charge in [-0.3, -0.25) is 0 Å². The molecule has 1 heterocycles. The summed E-state index contributed by atoms with van der Waals surface area (Å²) in [6.07, 6.45) is 2.52. The highest BCUT2D eigenvalue weighted by molar-refractivity contribution is 5.93. The number of fused-ring (bicyclic) bond motifs is 1. The molecule has 0 aliphatic carbocycles. The van der Waals surface area contributed by atoms with Gasteiger partial charge in [-0.05, 0) is 13.8 Å². The topological polar surface area (TPSA) is 95.2 Å². The molecule has 0 saturated heterocycles. The van der Waals surface area contributed by atoms with Gasteiger partial charge in [0.25, 0.3) is 0 Å². The zero-order valence-electron chi connectivity index (χ0n) is 12.9. The molecule has 1 aliphatic heterocycles. The Hall–Kier alpha value is -0.980. The molecular weight excluding hydrogens is 294 g/mol. The van der Waals surface area contributed by atoms with E-state index in [1.54, 1.807) is 0 Å². The molecule has 118 valence electrons. The summed E-state index contributed by atoms with van der Waals surface area (Å²) in [7, 11) is -4.94. The van der Waals surface area contributed by atoms with E-state index in [4.69, 9.17) is 18.6 Å². The summed E-state index contributed by atoms with van der Waals surface area (Å²) in [5.74, 6) is 0. The van der Waals surface area contributed by atoms with Crippen LogP contribution < -0.4 is 18.6 Å². The number of unbranched alkanes of at least 4 members (excludes halogenated alkanes) is 1. The first-order valence-corrected chi connectivity index (χ1v) is 8.15. The molecule has 5 nitrogen and oxygen atoms in total. The van der Waals surface area contributed by atoms with Gasteiger partial charge in [0.15, 0.2) is 5.71 Å². The number of nitrogens with zero attached hydrogens (tertiary/aromatic N) is 1. The lowest BCUT2D eigenvalue weighted by molar-refractivity contribution is -2.00. The first-order chi connectivity index (χ1) is 9.59. The van der Waals surface area contributed by atoms with Gasteiger partial charge in [0.2, 0.25) is 5.69 Å². The van der Waals surface area contributed by atoms with Crippen LogP contribution in [0.1, 0.15) is 46.1 Å². The fourth-order valence-electron chi connectivity index (χ4n) is 2.55. The SMILES string of the molecule is CCCC[N+]1=C(C)C(C)(C)c2ccccc21.[O-][Cl+3]([O-])([O-])[O-]. The summed E-state index contributed by atoms with van der Waals surface area (Å²) in [6.45, 7) is 10.3. The normalized spacial score (nSPS) is 16.4. The van der Waals surface area contributed by atoms with Gasteiger partial charge in [0.05, 0.1) is 5.41 Å². The van der Waals surface area contributed by atoms with Crippen molar-refractivity contribution >= 4 is 11.4 Å². The van der Waals surface area contributed by atoms with Crippen LogP contribution in [0.25, 0.3) is 0 Å². The molecule has 1 aromatic carbocycles. The minimum Gasteiger partial charge on any atom is -0.222 e. The molecule has 0 N–H and O–H groups in total. The molecule has 0 aromatic heterocycles. The number of rotatable bonds is 3. The molecule has 1 aromatic rings. The van der Waals surface area contributed by atoms with Gasteiger partial charge in [-0.25, -0.2) is 18.6 Å². The second-order valence-electron chi connectivity index (χ2n) is 5.61. The van der Waals surface area contributed by atoms with Gasteiger partial charge < -0.3 is 0 Å². The lowest BCUT2D eigenvalue weighted by Crippen LogP contribution is -2.68. The van der Waals surface area contributed by atoms with Crippen LogP contribution in [0.15, 0.2) is 24.3 Å². The van der Waals surface area contributed by atoms with Crippen LogP contribution >= 0.6 is 0 Å². The molecule has 0 atom stereocenters. The van der Waals surface area contributed by atoms with Gasteiger partial charge in [0, 0.05) is 25.0 Å². The third-order valence-corrected chi connectivity index (χ3v) is 3.91. The Morgan fingerprint density at radius 2 is 1.62 bits per heavy atom. The minimum atomic E-state index is -4.94. The number of hydrogen-bond acceptors (Lipinski definition) is 4. The Balaban J connectivity index is 0.000000383. The molecule has 0 saturated carbocycles. The van der Waals surface area contributed by atoms with Crippen molar-refractivity contribution in [1.29, 1.82) is 0 Å². The highest BCUT2D eigenvalue weighted by Crippen LogP contribution is 2.39. The van der Waals surface area contributed by atoms with E-state index in [9.17, 15) is 0 Å². The second-order valence-corrected chi connectivity index (χ2v) is 6.37. The smallest absolute Gasteiger partial charge is 0.209 e. The molecule has 0 amide bonds. The second kappa shape index (κ2) is 6.85. The minimum absolute atomic E-state index is 0.199. The van der Waals surface area contributed by atoms with Crippen molar-refractivity contribution in [3.63, 3.8) is 0 Å². The monoisotopic (exact) mass is 315 g/mol. The van der Waals surface area contributed by atoms with Gasteiger partial charge >= 0.3 is 0 Å². The van der Waals surface area contributed by atoms with Crippen molar-refractivity contribution in [2.24, 2.45) is 0 Å². The van der Waals surface area contributed by atoms with E-state index in [1.165, 1.54) is 29.8 Å². The van der Waals surface area contributed by atoms with Crippen LogP contribution in [0.4, 0.5) is 5.69 Å². The van der Waals surface area contributed by atoms with E-state index in [2.05, 4.69) is 56.5 Å². The Bertz CT molecular complexity index is 515. The average molecular weight is 316 g/mol. The van der Waals surface area contributed by atoms with E-state index < -0.39 is 10.2 Å². The van der Waals surface area contributed by atoms with E-state index in [1.807, 2.05) is 0 Å². The average Bonchev–Trinajstić information content (AvgIpc) is 2.55. The molecule has 0 spiro atoms. The summed E-state index contributed by atoms with van der Waals surface area (Å²) in [5, 5.41) is 0. The summed E-state index contributed by atoms with van der Waals surface area (Å²) in [5.41, 5.74) is 4.58. The Kier molecular flexibility index (Phi) is 5.90. The molecule has 1 aliphatic rings. The van der Waals surface area contributed by atoms with Gasteiger partial charge in [-0.1, -0.05) is 31.5 Å². The summed E-state index contributed by atoms with van der Waals surface area (Å²) < 4.78 is 36.5. The lowest BCUT2D eigenvalue weighted by atomic mass is 9.82. The first-order valence-electron chi connectivity index (χ1n) is 6.92. The van der Waals surface area contributed by atoms with Gasteiger partial charge in [-0.2, -0.15) is 4.58 Å².